The zero-order chi connectivity index (χ0) is 19.4. The molecular weight excluding hydrogens is 336 g/mol. The second kappa shape index (κ2) is 6.58. The summed E-state index contributed by atoms with van der Waals surface area (Å²) < 4.78 is 0. The van der Waals surface area contributed by atoms with E-state index in [9.17, 15) is 9.90 Å². The second-order valence-corrected chi connectivity index (χ2v) is 10.2. The van der Waals surface area contributed by atoms with Crippen molar-refractivity contribution in [1.29, 1.82) is 0 Å². The van der Waals surface area contributed by atoms with Crippen LogP contribution in [0.1, 0.15) is 88.1 Å². The van der Waals surface area contributed by atoms with Crippen LogP contribution in [0.25, 0.3) is 0 Å². The number of amides is 1. The summed E-state index contributed by atoms with van der Waals surface area (Å²) in [6, 6.07) is 4.46. The van der Waals surface area contributed by atoms with Crippen LogP contribution in [-0.4, -0.2) is 39.6 Å². The SMILES string of the molecule is Cc1ccc(C2CCC3(CC2)CN(C(=O)C2CC(C)(O)C2)C3)nc1C(C)C. The molecule has 1 amide bonds. The van der Waals surface area contributed by atoms with Gasteiger partial charge in [-0.1, -0.05) is 19.9 Å². The Hall–Kier alpha value is -1.42. The standard InChI is InChI=1S/C23H34N2O2/c1-15(2)20-16(3)5-6-19(24-20)17-7-9-23(10-8-17)13-25(14-23)21(26)18-11-22(4,27)12-18/h5-6,15,17-18,27H,7-14H2,1-4H3. The van der Waals surface area contributed by atoms with Gasteiger partial charge in [-0.25, -0.2) is 0 Å². The first-order valence-electron chi connectivity index (χ1n) is 10.7. The number of aliphatic hydroxyl groups is 1. The van der Waals surface area contributed by atoms with E-state index in [1.165, 1.54) is 42.6 Å². The van der Waals surface area contributed by atoms with Crippen molar-refractivity contribution < 1.29 is 9.90 Å². The molecule has 0 atom stereocenters. The van der Waals surface area contributed by atoms with E-state index < -0.39 is 5.60 Å². The van der Waals surface area contributed by atoms with Gasteiger partial charge in [-0.15, -0.1) is 0 Å². The first-order valence-corrected chi connectivity index (χ1v) is 10.7. The van der Waals surface area contributed by atoms with Crippen molar-refractivity contribution in [2.24, 2.45) is 11.3 Å². The van der Waals surface area contributed by atoms with E-state index in [4.69, 9.17) is 4.98 Å². The van der Waals surface area contributed by atoms with E-state index >= 15 is 0 Å². The lowest BCUT2D eigenvalue weighted by Crippen LogP contribution is -2.62. The molecule has 27 heavy (non-hydrogen) atoms. The molecule has 1 aromatic heterocycles. The Morgan fingerprint density at radius 2 is 1.85 bits per heavy atom. The first kappa shape index (κ1) is 18.9. The minimum atomic E-state index is -0.614. The highest BCUT2D eigenvalue weighted by molar-refractivity contribution is 5.81. The smallest absolute Gasteiger partial charge is 0.225 e. The van der Waals surface area contributed by atoms with Crippen LogP contribution < -0.4 is 0 Å². The number of likely N-dealkylation sites (tertiary alicyclic amines) is 1. The zero-order valence-corrected chi connectivity index (χ0v) is 17.3. The molecule has 3 fully saturated rings. The van der Waals surface area contributed by atoms with Crippen LogP contribution in [-0.2, 0) is 4.79 Å². The molecule has 0 unspecified atom stereocenters. The Bertz CT molecular complexity index is 716. The van der Waals surface area contributed by atoms with Crippen molar-refractivity contribution in [3.8, 4) is 0 Å². The van der Waals surface area contributed by atoms with Gasteiger partial charge in [-0.2, -0.15) is 0 Å². The third kappa shape index (κ3) is 3.53. The largest absolute Gasteiger partial charge is 0.390 e. The van der Waals surface area contributed by atoms with Crippen LogP contribution in [0.2, 0.25) is 0 Å². The van der Waals surface area contributed by atoms with Gasteiger partial charge in [0.15, 0.2) is 0 Å². The molecule has 2 heterocycles. The maximum Gasteiger partial charge on any atom is 0.225 e. The van der Waals surface area contributed by atoms with Crippen LogP contribution in [0.4, 0.5) is 0 Å². The molecule has 0 bridgehead atoms. The molecule has 0 aromatic carbocycles. The number of aryl methyl sites for hydroxylation is 1. The number of hydrogen-bond donors (Lipinski definition) is 1. The predicted molar refractivity (Wildman–Crippen MR) is 107 cm³/mol. The summed E-state index contributed by atoms with van der Waals surface area (Å²) in [7, 11) is 0. The van der Waals surface area contributed by atoms with Gasteiger partial charge < -0.3 is 10.0 Å². The van der Waals surface area contributed by atoms with Crippen molar-refractivity contribution in [2.75, 3.05) is 13.1 Å². The normalized spacial score (nSPS) is 30.3. The molecule has 3 aliphatic rings. The number of carbonyl (C=O) groups is 1. The summed E-state index contributed by atoms with van der Waals surface area (Å²) in [4.78, 5) is 19.6. The van der Waals surface area contributed by atoms with E-state index in [0.29, 0.717) is 30.1 Å². The molecule has 148 valence electrons. The quantitative estimate of drug-likeness (QED) is 0.869. The molecule has 1 saturated heterocycles. The molecule has 2 aliphatic carbocycles. The van der Waals surface area contributed by atoms with Crippen molar-refractivity contribution in [1.82, 2.24) is 9.88 Å². The second-order valence-electron chi connectivity index (χ2n) is 10.2. The third-order valence-electron chi connectivity index (χ3n) is 7.25. The molecular formula is C23H34N2O2. The van der Waals surface area contributed by atoms with Gasteiger partial charge in [-0.05, 0) is 69.9 Å². The Balaban J connectivity index is 1.31. The molecule has 2 saturated carbocycles. The lowest BCUT2D eigenvalue weighted by atomic mass is 9.64. The first-order chi connectivity index (χ1) is 12.7. The Kier molecular flexibility index (Phi) is 4.61. The molecule has 4 nitrogen and oxygen atoms in total. The summed E-state index contributed by atoms with van der Waals surface area (Å²) in [6.07, 6.45) is 6.05. The highest BCUT2D eigenvalue weighted by Gasteiger charge is 2.51. The van der Waals surface area contributed by atoms with Crippen molar-refractivity contribution >= 4 is 5.91 Å². The van der Waals surface area contributed by atoms with E-state index in [1.54, 1.807) is 0 Å². The molecule has 1 N–H and O–H groups in total. The summed E-state index contributed by atoms with van der Waals surface area (Å²) in [6.45, 7) is 10.3. The van der Waals surface area contributed by atoms with Crippen molar-refractivity contribution in [3.63, 3.8) is 0 Å². The fraction of sp³-hybridized carbons (Fsp3) is 0.739. The average molecular weight is 371 g/mol. The Morgan fingerprint density at radius 1 is 1.22 bits per heavy atom. The molecule has 4 rings (SSSR count). The van der Waals surface area contributed by atoms with E-state index in [1.807, 2.05) is 11.8 Å². The van der Waals surface area contributed by atoms with Gasteiger partial charge in [0.1, 0.15) is 0 Å². The topological polar surface area (TPSA) is 53.4 Å². The number of hydrogen-bond acceptors (Lipinski definition) is 3. The maximum absolute atomic E-state index is 12.5. The molecule has 1 aliphatic heterocycles. The highest BCUT2D eigenvalue weighted by atomic mass is 16.3. The molecule has 1 aromatic rings. The van der Waals surface area contributed by atoms with Crippen LogP contribution in [0, 0.1) is 18.3 Å². The van der Waals surface area contributed by atoms with E-state index in [2.05, 4.69) is 32.9 Å². The van der Waals surface area contributed by atoms with Crippen LogP contribution in [0.3, 0.4) is 0 Å². The summed E-state index contributed by atoms with van der Waals surface area (Å²) in [5.41, 5.74) is 3.54. The number of nitrogens with zero attached hydrogens (tertiary/aromatic N) is 2. The number of carbonyl (C=O) groups excluding carboxylic acids is 1. The van der Waals surface area contributed by atoms with Gasteiger partial charge in [0.05, 0.1) is 5.60 Å². The van der Waals surface area contributed by atoms with Gasteiger partial charge in [0.2, 0.25) is 5.91 Å². The van der Waals surface area contributed by atoms with Crippen LogP contribution in [0.15, 0.2) is 12.1 Å². The molecule has 4 heteroatoms. The van der Waals surface area contributed by atoms with Crippen molar-refractivity contribution in [2.45, 2.75) is 83.7 Å². The van der Waals surface area contributed by atoms with Crippen LogP contribution in [0.5, 0.6) is 0 Å². The molecule has 0 radical (unpaired) electrons. The number of aromatic nitrogens is 1. The average Bonchev–Trinajstić information content (AvgIpc) is 2.57. The number of rotatable bonds is 3. The summed E-state index contributed by atoms with van der Waals surface area (Å²) >= 11 is 0. The third-order valence-corrected chi connectivity index (χ3v) is 7.25. The predicted octanol–water partition coefficient (Wildman–Crippen LogP) is 4.16. The lowest BCUT2D eigenvalue weighted by Gasteiger charge is -2.55. The fourth-order valence-corrected chi connectivity index (χ4v) is 5.57. The van der Waals surface area contributed by atoms with E-state index in [0.717, 1.165) is 13.1 Å². The van der Waals surface area contributed by atoms with E-state index in [-0.39, 0.29) is 11.8 Å². The number of pyridine rings is 1. The molecule has 1 spiro atoms. The van der Waals surface area contributed by atoms with Gasteiger partial charge in [0, 0.05) is 41.7 Å². The summed E-state index contributed by atoms with van der Waals surface area (Å²) in [5, 5.41) is 9.88. The minimum Gasteiger partial charge on any atom is -0.390 e. The Morgan fingerprint density at radius 3 is 2.41 bits per heavy atom. The van der Waals surface area contributed by atoms with Gasteiger partial charge in [-0.3, -0.25) is 9.78 Å². The summed E-state index contributed by atoms with van der Waals surface area (Å²) in [5.74, 6) is 1.37. The Labute approximate surface area is 163 Å². The maximum atomic E-state index is 12.5. The van der Waals surface area contributed by atoms with Gasteiger partial charge >= 0.3 is 0 Å². The zero-order valence-electron chi connectivity index (χ0n) is 17.3. The highest BCUT2D eigenvalue weighted by Crippen LogP contribution is 2.49. The van der Waals surface area contributed by atoms with Crippen molar-refractivity contribution in [3.05, 3.63) is 29.1 Å². The van der Waals surface area contributed by atoms with Crippen LogP contribution >= 0.6 is 0 Å². The lowest BCUT2D eigenvalue weighted by molar-refractivity contribution is -0.163. The minimum absolute atomic E-state index is 0.0555. The fourth-order valence-electron chi connectivity index (χ4n) is 5.57. The monoisotopic (exact) mass is 370 g/mol. The van der Waals surface area contributed by atoms with Gasteiger partial charge in [0.25, 0.3) is 0 Å².